The number of benzene rings is 1. The van der Waals surface area contributed by atoms with Crippen molar-refractivity contribution in [1.82, 2.24) is 14.3 Å². The van der Waals surface area contributed by atoms with Crippen molar-refractivity contribution in [2.45, 2.75) is 25.9 Å². The van der Waals surface area contributed by atoms with Crippen molar-refractivity contribution < 1.29 is 13.9 Å². The summed E-state index contributed by atoms with van der Waals surface area (Å²) in [5.41, 5.74) is 2.56. The molecule has 3 aromatic rings. The van der Waals surface area contributed by atoms with Gasteiger partial charge in [0.25, 0.3) is 11.5 Å². The van der Waals surface area contributed by atoms with E-state index in [1.165, 1.54) is 28.3 Å². The van der Waals surface area contributed by atoms with Gasteiger partial charge in [-0.3, -0.25) is 18.9 Å². The zero-order valence-electron chi connectivity index (χ0n) is 21.5. The van der Waals surface area contributed by atoms with E-state index < -0.39 is 0 Å². The highest BCUT2D eigenvalue weighted by atomic mass is 32.2. The highest BCUT2D eigenvalue weighted by Gasteiger charge is 2.35. The number of pyridine rings is 1. The Morgan fingerprint density at radius 3 is 2.56 bits per heavy atom. The fourth-order valence-electron chi connectivity index (χ4n) is 5.22. The molecule has 3 aliphatic rings. The van der Waals surface area contributed by atoms with Crippen molar-refractivity contribution in [1.29, 1.82) is 0 Å². The van der Waals surface area contributed by atoms with Crippen LogP contribution in [0.3, 0.4) is 0 Å². The number of amides is 1. The van der Waals surface area contributed by atoms with Gasteiger partial charge in [0.1, 0.15) is 21.6 Å². The van der Waals surface area contributed by atoms with E-state index in [0.717, 1.165) is 24.1 Å². The first-order chi connectivity index (χ1) is 18.9. The second-order valence-corrected chi connectivity index (χ2v) is 11.6. The van der Waals surface area contributed by atoms with Crippen LogP contribution in [-0.2, 0) is 9.53 Å². The van der Waals surface area contributed by atoms with Gasteiger partial charge < -0.3 is 14.5 Å². The van der Waals surface area contributed by atoms with Crippen LogP contribution in [0, 0.1) is 12.7 Å². The van der Waals surface area contributed by atoms with Crippen molar-refractivity contribution in [3.8, 4) is 0 Å². The van der Waals surface area contributed by atoms with Crippen LogP contribution in [0.25, 0.3) is 11.7 Å². The molecule has 0 radical (unpaired) electrons. The Balaban J connectivity index is 1.33. The third kappa shape index (κ3) is 5.18. The molecule has 0 N–H and O–H groups in total. The minimum absolute atomic E-state index is 0.0178. The molecule has 1 aromatic carbocycles. The molecule has 8 nitrogen and oxygen atoms in total. The first-order valence-corrected chi connectivity index (χ1v) is 14.3. The van der Waals surface area contributed by atoms with Crippen LogP contribution in [-0.4, -0.2) is 69.9 Å². The predicted octanol–water partition coefficient (Wildman–Crippen LogP) is 3.85. The van der Waals surface area contributed by atoms with Crippen molar-refractivity contribution >= 4 is 57.4 Å². The maximum atomic E-state index is 13.8. The first-order valence-electron chi connectivity index (χ1n) is 13.0. The maximum Gasteiger partial charge on any atom is 0.267 e. The van der Waals surface area contributed by atoms with Gasteiger partial charge in [0.05, 0.1) is 23.1 Å². The first kappa shape index (κ1) is 26.0. The molecule has 2 aromatic heterocycles. The number of carbonyl (C=O) groups excluding carboxylic acids is 1. The summed E-state index contributed by atoms with van der Waals surface area (Å²) in [6, 6.07) is 10.2. The monoisotopic (exact) mass is 565 g/mol. The van der Waals surface area contributed by atoms with Crippen molar-refractivity contribution in [3.05, 3.63) is 74.8 Å². The van der Waals surface area contributed by atoms with Crippen LogP contribution in [0.5, 0.6) is 0 Å². The Bertz CT molecular complexity index is 1530. The van der Waals surface area contributed by atoms with Gasteiger partial charge in [-0.25, -0.2) is 9.37 Å². The van der Waals surface area contributed by atoms with Gasteiger partial charge in [0.15, 0.2) is 0 Å². The molecule has 0 saturated carbocycles. The quantitative estimate of drug-likeness (QED) is 0.342. The van der Waals surface area contributed by atoms with E-state index in [1.807, 2.05) is 19.1 Å². The predicted molar refractivity (Wildman–Crippen MR) is 156 cm³/mol. The summed E-state index contributed by atoms with van der Waals surface area (Å²) in [5, 5.41) is 0. The number of ether oxygens (including phenoxy) is 1. The minimum atomic E-state index is -0.265. The second kappa shape index (κ2) is 10.7. The average Bonchev–Trinajstić information content (AvgIpc) is 3.55. The van der Waals surface area contributed by atoms with Crippen LogP contribution < -0.4 is 15.4 Å². The fraction of sp³-hybridized carbons (Fsp3) is 0.357. The third-order valence-corrected chi connectivity index (χ3v) is 8.69. The number of rotatable bonds is 5. The molecule has 1 atom stereocenters. The van der Waals surface area contributed by atoms with E-state index in [0.29, 0.717) is 65.6 Å². The number of hydrogen-bond acceptors (Lipinski definition) is 8. The lowest BCUT2D eigenvalue weighted by atomic mass is 10.2. The van der Waals surface area contributed by atoms with Crippen LogP contribution in [0.2, 0.25) is 0 Å². The van der Waals surface area contributed by atoms with E-state index in [-0.39, 0.29) is 23.4 Å². The molecule has 11 heteroatoms. The Morgan fingerprint density at radius 2 is 1.85 bits per heavy atom. The van der Waals surface area contributed by atoms with E-state index in [2.05, 4.69) is 9.80 Å². The molecule has 1 amide bonds. The van der Waals surface area contributed by atoms with Crippen LogP contribution in [0.1, 0.15) is 24.0 Å². The van der Waals surface area contributed by atoms with Crippen LogP contribution in [0.15, 0.2) is 52.3 Å². The smallest absolute Gasteiger partial charge is 0.267 e. The molecule has 202 valence electrons. The molecule has 3 saturated heterocycles. The molecule has 3 fully saturated rings. The summed E-state index contributed by atoms with van der Waals surface area (Å²) in [7, 11) is 0. The number of carbonyl (C=O) groups is 1. The zero-order valence-corrected chi connectivity index (χ0v) is 23.1. The van der Waals surface area contributed by atoms with E-state index in [9.17, 15) is 14.0 Å². The summed E-state index contributed by atoms with van der Waals surface area (Å²) < 4.78 is 21.1. The Kier molecular flexibility index (Phi) is 7.13. The summed E-state index contributed by atoms with van der Waals surface area (Å²) >= 11 is 6.74. The molecular weight excluding hydrogens is 537 g/mol. The highest BCUT2D eigenvalue weighted by Crippen LogP contribution is 2.34. The third-order valence-electron chi connectivity index (χ3n) is 7.32. The lowest BCUT2D eigenvalue weighted by Gasteiger charge is -2.37. The number of halogens is 1. The second-order valence-electron chi connectivity index (χ2n) is 9.97. The standard InChI is InChI=1S/C28H28FN5O3S2/c1-18-4-9-24-30-25(32-12-10-31(11-13-32)20-7-5-19(29)6-8-20)22(26(35)33(24)16-18)15-23-27(36)34(28(38)39-23)17-21-3-2-14-37-21/h4-9,15-16,21H,2-3,10-14,17H2,1H3/b23-15-. The summed E-state index contributed by atoms with van der Waals surface area (Å²) in [4.78, 5) is 38.3. The largest absolute Gasteiger partial charge is 0.376 e. The van der Waals surface area contributed by atoms with Gasteiger partial charge in [0.2, 0.25) is 0 Å². The molecule has 5 heterocycles. The van der Waals surface area contributed by atoms with E-state index in [4.69, 9.17) is 21.9 Å². The van der Waals surface area contributed by atoms with Crippen molar-refractivity contribution in [3.63, 3.8) is 0 Å². The molecule has 0 spiro atoms. The van der Waals surface area contributed by atoms with Gasteiger partial charge in [-0.2, -0.15) is 0 Å². The maximum absolute atomic E-state index is 13.8. The van der Waals surface area contributed by atoms with Gasteiger partial charge in [-0.15, -0.1) is 0 Å². The van der Waals surface area contributed by atoms with Gasteiger partial charge in [-0.1, -0.05) is 30.0 Å². The summed E-state index contributed by atoms with van der Waals surface area (Å²) in [6.07, 6.45) is 5.28. The van der Waals surface area contributed by atoms with Crippen LogP contribution in [0.4, 0.5) is 15.9 Å². The average molecular weight is 566 g/mol. The number of aromatic nitrogens is 2. The van der Waals surface area contributed by atoms with Crippen LogP contribution >= 0.6 is 24.0 Å². The minimum Gasteiger partial charge on any atom is -0.376 e. The zero-order chi connectivity index (χ0) is 27.1. The Morgan fingerprint density at radius 1 is 1.10 bits per heavy atom. The number of thiocarbonyl (C=S) groups is 1. The lowest BCUT2D eigenvalue weighted by molar-refractivity contribution is -0.123. The fourth-order valence-corrected chi connectivity index (χ4v) is 6.48. The normalized spacial score (nSPS) is 21.1. The molecule has 0 aliphatic carbocycles. The lowest BCUT2D eigenvalue weighted by Crippen LogP contribution is -2.47. The number of fused-ring (bicyclic) bond motifs is 1. The number of thioether (sulfide) groups is 1. The Hall–Kier alpha value is -3.28. The molecule has 39 heavy (non-hydrogen) atoms. The number of hydrogen-bond donors (Lipinski definition) is 0. The summed E-state index contributed by atoms with van der Waals surface area (Å²) in [6.45, 7) is 5.65. The van der Waals surface area contributed by atoms with Gasteiger partial charge in [-0.05, 0) is 61.7 Å². The SMILES string of the molecule is Cc1ccc2nc(N3CCN(c4ccc(F)cc4)CC3)c(/C=C3\SC(=S)N(CC4CCCO4)C3=O)c(=O)n2c1. The van der Waals surface area contributed by atoms with E-state index in [1.54, 1.807) is 29.3 Å². The van der Waals surface area contributed by atoms with E-state index >= 15 is 0 Å². The number of aryl methyl sites for hydroxylation is 1. The molecule has 1 unspecified atom stereocenters. The van der Waals surface area contributed by atoms with Gasteiger partial charge >= 0.3 is 0 Å². The number of anilines is 2. The molecule has 6 rings (SSSR count). The molecular formula is C28H28FN5O3S2. The molecule has 0 bridgehead atoms. The van der Waals surface area contributed by atoms with Crippen molar-refractivity contribution in [2.24, 2.45) is 0 Å². The van der Waals surface area contributed by atoms with Gasteiger partial charge in [0, 0.05) is 44.7 Å². The summed E-state index contributed by atoms with van der Waals surface area (Å²) in [5.74, 6) is 0.0765. The highest BCUT2D eigenvalue weighted by molar-refractivity contribution is 8.26. The van der Waals surface area contributed by atoms with Crippen molar-refractivity contribution in [2.75, 3.05) is 49.1 Å². The molecule has 3 aliphatic heterocycles. The topological polar surface area (TPSA) is 70.4 Å². The number of piperazine rings is 1. The Labute approximate surface area is 235 Å². The number of nitrogens with zero attached hydrogens (tertiary/aromatic N) is 5.